The number of rotatable bonds is 5. The number of benzene rings is 1. The number of aromatic nitrogens is 2. The van der Waals surface area contributed by atoms with Gasteiger partial charge in [-0.3, -0.25) is 9.47 Å². The molecule has 3 heterocycles. The van der Waals surface area contributed by atoms with Crippen molar-refractivity contribution < 1.29 is 13.6 Å². The lowest BCUT2D eigenvalue weighted by Gasteiger charge is -2.48. The van der Waals surface area contributed by atoms with Crippen molar-refractivity contribution in [1.29, 1.82) is 0 Å². The number of likely N-dealkylation sites (N-methyl/N-ethyl adjacent to an activating group) is 1. The maximum Gasteiger partial charge on any atom is 0.327 e. The van der Waals surface area contributed by atoms with Crippen LogP contribution in [0.3, 0.4) is 0 Å². The fraction of sp³-hybridized carbons (Fsp3) is 0.652. The Labute approximate surface area is 187 Å². The normalized spacial score (nSPS) is 24.7. The van der Waals surface area contributed by atoms with Crippen LogP contribution in [0.25, 0.3) is 11.0 Å². The third kappa shape index (κ3) is 4.32. The minimum atomic E-state index is -2.54. The van der Waals surface area contributed by atoms with E-state index in [1.807, 2.05) is 12.1 Å². The number of nitrogens with one attached hydrogen (secondary N) is 1. The van der Waals surface area contributed by atoms with Gasteiger partial charge in [0.05, 0.1) is 11.2 Å². The number of hydrogen-bond acceptors (Lipinski definition) is 5. The number of carbonyl (C=O) groups excluding carboxylic acids is 1. The molecule has 1 saturated carbocycles. The van der Waals surface area contributed by atoms with Crippen LogP contribution in [0.4, 0.5) is 19.3 Å². The predicted molar refractivity (Wildman–Crippen MR) is 121 cm³/mol. The monoisotopic (exact) mass is 446 g/mol. The van der Waals surface area contributed by atoms with Crippen molar-refractivity contribution in [3.63, 3.8) is 0 Å². The standard InChI is InChI=1S/C23H32F2N6O/c1-28-9-11-29(12-10-28)18-14-30(15-18)19-3-2-4-20-21(19)27-16-31(20)22(32)26-8-6-17-5-7-23(24,25)13-17/h2-4,16-18H,5-15H2,1H3,(H,26,32). The molecule has 0 bridgehead atoms. The van der Waals surface area contributed by atoms with E-state index in [9.17, 15) is 13.6 Å². The predicted octanol–water partition coefficient (Wildman–Crippen LogP) is 2.86. The molecule has 1 N–H and O–H groups in total. The summed E-state index contributed by atoms with van der Waals surface area (Å²) in [5.41, 5.74) is 2.66. The first kappa shape index (κ1) is 21.6. The molecule has 2 saturated heterocycles. The first-order chi connectivity index (χ1) is 15.4. The van der Waals surface area contributed by atoms with Gasteiger partial charge < -0.3 is 15.1 Å². The lowest BCUT2D eigenvalue weighted by Crippen LogP contribution is -2.63. The van der Waals surface area contributed by atoms with Crippen LogP contribution in [-0.4, -0.2) is 90.2 Å². The summed E-state index contributed by atoms with van der Waals surface area (Å²) in [5, 5.41) is 2.88. The van der Waals surface area contributed by atoms with Crippen LogP contribution >= 0.6 is 0 Å². The molecule has 0 radical (unpaired) electrons. The maximum atomic E-state index is 13.4. The van der Waals surface area contributed by atoms with Crippen LogP contribution in [0.5, 0.6) is 0 Å². The quantitative estimate of drug-likeness (QED) is 0.766. The topological polar surface area (TPSA) is 56.6 Å². The average Bonchev–Trinajstić information content (AvgIpc) is 3.31. The van der Waals surface area contributed by atoms with Crippen molar-refractivity contribution in [2.75, 3.05) is 57.8 Å². The lowest BCUT2D eigenvalue weighted by molar-refractivity contribution is 0.00478. The van der Waals surface area contributed by atoms with Gasteiger partial charge in [0.2, 0.25) is 5.92 Å². The van der Waals surface area contributed by atoms with E-state index in [1.54, 1.807) is 6.33 Å². The number of fused-ring (bicyclic) bond motifs is 1. The zero-order chi connectivity index (χ0) is 22.3. The van der Waals surface area contributed by atoms with Crippen molar-refractivity contribution in [3.8, 4) is 0 Å². The number of carbonyl (C=O) groups is 1. The van der Waals surface area contributed by atoms with Crippen molar-refractivity contribution >= 4 is 22.8 Å². The molecule has 2 aliphatic heterocycles. The van der Waals surface area contributed by atoms with Crippen LogP contribution in [0.2, 0.25) is 0 Å². The van der Waals surface area contributed by atoms with E-state index in [0.717, 1.165) is 56.0 Å². The van der Waals surface area contributed by atoms with E-state index in [4.69, 9.17) is 0 Å². The Hall–Kier alpha value is -2.26. The summed E-state index contributed by atoms with van der Waals surface area (Å²) in [4.78, 5) is 24.5. The van der Waals surface area contributed by atoms with Gasteiger partial charge in [0.25, 0.3) is 0 Å². The van der Waals surface area contributed by atoms with Crippen molar-refractivity contribution in [3.05, 3.63) is 24.5 Å². The zero-order valence-corrected chi connectivity index (χ0v) is 18.6. The third-order valence-corrected chi connectivity index (χ3v) is 7.37. The summed E-state index contributed by atoms with van der Waals surface area (Å²) < 4.78 is 28.2. The molecule has 5 rings (SSSR count). The number of hydrogen-bond donors (Lipinski definition) is 1. The number of alkyl halides is 2. The lowest BCUT2D eigenvalue weighted by atomic mass is 10.0. The smallest absolute Gasteiger partial charge is 0.327 e. The number of piperazine rings is 1. The molecule has 1 atom stereocenters. The number of para-hydroxylation sites is 1. The van der Waals surface area contributed by atoms with Gasteiger partial charge in [0.15, 0.2) is 0 Å². The van der Waals surface area contributed by atoms with E-state index in [2.05, 4.69) is 38.1 Å². The number of amides is 1. The maximum absolute atomic E-state index is 13.4. The summed E-state index contributed by atoms with van der Waals surface area (Å²) in [6, 6.07) is 6.26. The van der Waals surface area contributed by atoms with Gasteiger partial charge in [-0.05, 0) is 37.9 Å². The van der Waals surface area contributed by atoms with E-state index >= 15 is 0 Å². The van der Waals surface area contributed by atoms with E-state index < -0.39 is 5.92 Å². The molecule has 1 aromatic carbocycles. The molecule has 0 spiro atoms. The summed E-state index contributed by atoms with van der Waals surface area (Å²) in [5.74, 6) is -2.55. The molecule has 7 nitrogen and oxygen atoms in total. The second kappa shape index (κ2) is 8.59. The molecule has 9 heteroatoms. The number of imidazole rings is 1. The summed E-state index contributed by atoms with van der Waals surface area (Å²) >= 11 is 0. The van der Waals surface area contributed by atoms with Crippen molar-refractivity contribution in [1.82, 2.24) is 24.7 Å². The van der Waals surface area contributed by atoms with Crippen LogP contribution < -0.4 is 10.2 Å². The van der Waals surface area contributed by atoms with Gasteiger partial charge >= 0.3 is 6.03 Å². The van der Waals surface area contributed by atoms with E-state index in [-0.39, 0.29) is 24.8 Å². The molecular formula is C23H32F2N6O. The Morgan fingerprint density at radius 1 is 1.22 bits per heavy atom. The average molecular weight is 447 g/mol. The van der Waals surface area contributed by atoms with E-state index in [1.165, 1.54) is 4.57 Å². The van der Waals surface area contributed by atoms with Crippen LogP contribution in [0.1, 0.15) is 25.7 Å². The molecule has 3 aliphatic rings. The van der Waals surface area contributed by atoms with Crippen LogP contribution in [0, 0.1) is 5.92 Å². The SMILES string of the molecule is CN1CCN(C2CN(c3cccc4c3ncn4C(=O)NCCC3CCC(F)(F)C3)C2)CC1. The zero-order valence-electron chi connectivity index (χ0n) is 18.6. The number of nitrogens with zero attached hydrogens (tertiary/aromatic N) is 5. The van der Waals surface area contributed by atoms with Crippen molar-refractivity contribution in [2.24, 2.45) is 5.92 Å². The second-order valence-electron chi connectivity index (χ2n) is 9.64. The molecule has 1 aromatic heterocycles. The largest absolute Gasteiger partial charge is 0.366 e. The second-order valence-corrected chi connectivity index (χ2v) is 9.64. The first-order valence-corrected chi connectivity index (χ1v) is 11.7. The Morgan fingerprint density at radius 3 is 2.72 bits per heavy atom. The molecule has 2 aromatic rings. The highest BCUT2D eigenvalue weighted by molar-refractivity contribution is 5.95. The molecular weight excluding hydrogens is 414 g/mol. The van der Waals surface area contributed by atoms with E-state index in [0.29, 0.717) is 25.4 Å². The molecule has 1 unspecified atom stereocenters. The minimum Gasteiger partial charge on any atom is -0.366 e. The summed E-state index contributed by atoms with van der Waals surface area (Å²) in [6.07, 6.45) is 2.58. The van der Waals surface area contributed by atoms with Gasteiger partial charge in [-0.1, -0.05) is 6.07 Å². The van der Waals surface area contributed by atoms with Gasteiger partial charge in [0, 0.05) is 64.7 Å². The number of halogens is 2. The fourth-order valence-corrected chi connectivity index (χ4v) is 5.27. The molecule has 1 aliphatic carbocycles. The minimum absolute atomic E-state index is 0.0175. The highest BCUT2D eigenvalue weighted by atomic mass is 19.3. The van der Waals surface area contributed by atoms with Crippen LogP contribution in [0.15, 0.2) is 24.5 Å². The Bertz CT molecular complexity index is 965. The molecule has 174 valence electrons. The van der Waals surface area contributed by atoms with Gasteiger partial charge in [0.1, 0.15) is 11.8 Å². The van der Waals surface area contributed by atoms with Gasteiger partial charge in [-0.15, -0.1) is 0 Å². The van der Waals surface area contributed by atoms with Gasteiger partial charge in [-0.25, -0.2) is 18.6 Å². The summed E-state index contributed by atoms with van der Waals surface area (Å²) in [6.45, 7) is 6.84. The van der Waals surface area contributed by atoms with Crippen LogP contribution in [-0.2, 0) is 0 Å². The summed E-state index contributed by atoms with van der Waals surface area (Å²) in [7, 11) is 2.17. The van der Waals surface area contributed by atoms with Crippen molar-refractivity contribution in [2.45, 2.75) is 37.6 Å². The number of anilines is 1. The Morgan fingerprint density at radius 2 is 2.00 bits per heavy atom. The Kier molecular flexibility index (Phi) is 5.79. The molecule has 32 heavy (non-hydrogen) atoms. The highest BCUT2D eigenvalue weighted by Gasteiger charge is 2.39. The highest BCUT2D eigenvalue weighted by Crippen LogP contribution is 2.40. The Balaban J connectivity index is 1.19. The molecule has 3 fully saturated rings. The van der Waals surface area contributed by atoms with Gasteiger partial charge in [-0.2, -0.15) is 0 Å². The first-order valence-electron chi connectivity index (χ1n) is 11.7. The third-order valence-electron chi connectivity index (χ3n) is 7.37. The fourth-order valence-electron chi connectivity index (χ4n) is 5.27. The molecule has 1 amide bonds.